The fourth-order valence-corrected chi connectivity index (χ4v) is 3.02. The Morgan fingerprint density at radius 2 is 2.25 bits per heavy atom. The fraction of sp³-hybridized carbons (Fsp3) is 0.571. The summed E-state index contributed by atoms with van der Waals surface area (Å²) in [5.41, 5.74) is 5.01. The van der Waals surface area contributed by atoms with Crippen LogP contribution in [0.1, 0.15) is 49.2 Å². The van der Waals surface area contributed by atoms with E-state index >= 15 is 0 Å². The number of nitrogens with zero attached hydrogens (tertiary/aromatic N) is 4. The third kappa shape index (κ3) is 2.62. The zero-order valence-electron chi connectivity index (χ0n) is 11.9. The van der Waals surface area contributed by atoms with Gasteiger partial charge in [-0.15, -0.1) is 0 Å². The molecule has 1 atom stereocenters. The van der Waals surface area contributed by atoms with E-state index in [1.807, 2.05) is 17.8 Å². The largest absolute Gasteiger partial charge is 0.336 e. The Bertz CT molecular complexity index is 552. The molecule has 2 aromatic heterocycles. The molecule has 1 unspecified atom stereocenters. The first kappa shape index (κ1) is 13.3. The molecule has 0 spiro atoms. The van der Waals surface area contributed by atoms with Gasteiger partial charge < -0.3 is 4.57 Å². The number of nitrogens with two attached hydrogens (primary N) is 1. The van der Waals surface area contributed by atoms with Crippen molar-refractivity contribution in [1.82, 2.24) is 24.8 Å². The van der Waals surface area contributed by atoms with Gasteiger partial charge >= 0.3 is 0 Å². The zero-order valence-corrected chi connectivity index (χ0v) is 11.9. The van der Waals surface area contributed by atoms with Crippen molar-refractivity contribution in [3.05, 3.63) is 36.2 Å². The van der Waals surface area contributed by atoms with Crippen LogP contribution in [0.25, 0.3) is 0 Å². The van der Waals surface area contributed by atoms with E-state index in [1.54, 1.807) is 6.33 Å². The van der Waals surface area contributed by atoms with Gasteiger partial charge in [-0.3, -0.25) is 16.0 Å². The van der Waals surface area contributed by atoms with Gasteiger partial charge in [0.15, 0.2) is 0 Å². The Morgan fingerprint density at radius 3 is 2.90 bits per heavy atom. The van der Waals surface area contributed by atoms with E-state index in [4.69, 9.17) is 10.9 Å². The van der Waals surface area contributed by atoms with Gasteiger partial charge in [-0.1, -0.05) is 12.8 Å². The molecule has 1 aliphatic rings. The molecule has 2 aromatic rings. The van der Waals surface area contributed by atoms with E-state index < -0.39 is 0 Å². The third-order valence-corrected chi connectivity index (χ3v) is 4.19. The first-order valence-electron chi connectivity index (χ1n) is 7.24. The summed E-state index contributed by atoms with van der Waals surface area (Å²) < 4.78 is 4.11. The van der Waals surface area contributed by atoms with Crippen molar-refractivity contribution in [2.24, 2.45) is 12.9 Å². The molecular weight excluding hydrogens is 252 g/mol. The van der Waals surface area contributed by atoms with Crippen LogP contribution in [-0.4, -0.2) is 19.3 Å². The van der Waals surface area contributed by atoms with E-state index in [0.29, 0.717) is 6.04 Å². The van der Waals surface area contributed by atoms with E-state index in [1.165, 1.54) is 25.7 Å². The maximum absolute atomic E-state index is 5.68. The average molecular weight is 274 g/mol. The number of rotatable bonds is 5. The molecule has 1 fully saturated rings. The minimum Gasteiger partial charge on any atom is -0.336 e. The normalized spacial score (nSPS) is 17.7. The van der Waals surface area contributed by atoms with Gasteiger partial charge in [0, 0.05) is 25.9 Å². The molecule has 0 saturated heterocycles. The van der Waals surface area contributed by atoms with Gasteiger partial charge in [-0.05, 0) is 18.9 Å². The van der Waals surface area contributed by atoms with Crippen molar-refractivity contribution in [2.45, 2.75) is 44.2 Å². The Morgan fingerprint density at radius 1 is 1.45 bits per heavy atom. The standard InChI is InChI=1S/C14H22N6/c1-19-10-16-9-14(19)13(17-15)8-11-6-7-20(18-11)12-4-2-3-5-12/h6-7,9-10,12-13,17H,2-5,8,15H2,1H3. The summed E-state index contributed by atoms with van der Waals surface area (Å²) in [6.45, 7) is 0. The molecule has 1 saturated carbocycles. The van der Waals surface area contributed by atoms with Crippen LogP contribution >= 0.6 is 0 Å². The van der Waals surface area contributed by atoms with Crippen LogP contribution in [-0.2, 0) is 13.5 Å². The second-order valence-electron chi connectivity index (χ2n) is 5.58. The number of hydrazine groups is 1. The van der Waals surface area contributed by atoms with Gasteiger partial charge in [-0.2, -0.15) is 5.10 Å². The summed E-state index contributed by atoms with van der Waals surface area (Å²) in [5, 5.41) is 4.71. The molecule has 6 nitrogen and oxygen atoms in total. The van der Waals surface area contributed by atoms with Crippen molar-refractivity contribution in [3.8, 4) is 0 Å². The Hall–Kier alpha value is -1.66. The van der Waals surface area contributed by atoms with Crippen molar-refractivity contribution in [1.29, 1.82) is 0 Å². The molecule has 1 aliphatic carbocycles. The molecule has 2 heterocycles. The average Bonchev–Trinajstić information content (AvgIpc) is 3.17. The van der Waals surface area contributed by atoms with Gasteiger partial charge in [0.1, 0.15) is 0 Å². The first-order chi connectivity index (χ1) is 9.78. The Balaban J connectivity index is 1.71. The van der Waals surface area contributed by atoms with Crippen LogP contribution in [0.15, 0.2) is 24.8 Å². The number of aryl methyl sites for hydroxylation is 1. The zero-order chi connectivity index (χ0) is 13.9. The monoisotopic (exact) mass is 274 g/mol. The number of nitrogens with one attached hydrogen (secondary N) is 1. The Labute approximate surface area is 119 Å². The fourth-order valence-electron chi connectivity index (χ4n) is 3.02. The topological polar surface area (TPSA) is 73.7 Å². The molecule has 0 bridgehead atoms. The highest BCUT2D eigenvalue weighted by atomic mass is 15.3. The lowest BCUT2D eigenvalue weighted by Crippen LogP contribution is -2.31. The van der Waals surface area contributed by atoms with E-state index in [-0.39, 0.29) is 6.04 Å². The molecule has 20 heavy (non-hydrogen) atoms. The summed E-state index contributed by atoms with van der Waals surface area (Å²) in [6, 6.07) is 2.72. The number of aromatic nitrogens is 4. The second-order valence-corrected chi connectivity index (χ2v) is 5.58. The van der Waals surface area contributed by atoms with E-state index in [9.17, 15) is 0 Å². The first-order valence-corrected chi connectivity index (χ1v) is 7.24. The van der Waals surface area contributed by atoms with Crippen molar-refractivity contribution < 1.29 is 0 Å². The third-order valence-electron chi connectivity index (χ3n) is 4.19. The van der Waals surface area contributed by atoms with E-state index in [2.05, 4.69) is 27.4 Å². The predicted molar refractivity (Wildman–Crippen MR) is 76.7 cm³/mol. The van der Waals surface area contributed by atoms with Gasteiger partial charge in [0.25, 0.3) is 0 Å². The van der Waals surface area contributed by atoms with Crippen LogP contribution in [0.5, 0.6) is 0 Å². The maximum atomic E-state index is 5.68. The molecule has 0 amide bonds. The van der Waals surface area contributed by atoms with Gasteiger partial charge in [0.05, 0.1) is 29.8 Å². The molecule has 6 heteroatoms. The lowest BCUT2D eigenvalue weighted by molar-refractivity contribution is 0.455. The van der Waals surface area contributed by atoms with Crippen LogP contribution < -0.4 is 11.3 Å². The van der Waals surface area contributed by atoms with Crippen LogP contribution in [0.2, 0.25) is 0 Å². The van der Waals surface area contributed by atoms with Gasteiger partial charge in [-0.25, -0.2) is 4.98 Å². The summed E-state index contributed by atoms with van der Waals surface area (Å²) >= 11 is 0. The second kappa shape index (κ2) is 5.76. The molecule has 0 radical (unpaired) electrons. The molecule has 108 valence electrons. The maximum Gasteiger partial charge on any atom is 0.0946 e. The minimum absolute atomic E-state index is 0.0365. The minimum atomic E-state index is 0.0365. The molecule has 3 N–H and O–H groups in total. The van der Waals surface area contributed by atoms with Crippen molar-refractivity contribution in [3.63, 3.8) is 0 Å². The predicted octanol–water partition coefficient (Wildman–Crippen LogP) is 1.48. The molecule has 0 aromatic carbocycles. The summed E-state index contributed by atoms with van der Waals surface area (Å²) in [5.74, 6) is 5.68. The number of hydrogen-bond donors (Lipinski definition) is 2. The lowest BCUT2D eigenvalue weighted by atomic mass is 10.1. The summed E-state index contributed by atoms with van der Waals surface area (Å²) in [7, 11) is 1.98. The van der Waals surface area contributed by atoms with Gasteiger partial charge in [0.2, 0.25) is 0 Å². The highest BCUT2D eigenvalue weighted by Gasteiger charge is 2.19. The Kier molecular flexibility index (Phi) is 3.84. The van der Waals surface area contributed by atoms with Crippen LogP contribution in [0.4, 0.5) is 0 Å². The molecular formula is C14H22N6. The molecule has 3 rings (SSSR count). The SMILES string of the molecule is Cn1cncc1C(Cc1ccn(C2CCCC2)n1)NN. The van der Waals surface area contributed by atoms with Crippen molar-refractivity contribution in [2.75, 3.05) is 0 Å². The molecule has 0 aliphatic heterocycles. The van der Waals surface area contributed by atoms with Crippen LogP contribution in [0.3, 0.4) is 0 Å². The highest BCUT2D eigenvalue weighted by molar-refractivity contribution is 5.11. The van der Waals surface area contributed by atoms with Crippen LogP contribution in [0, 0.1) is 0 Å². The summed E-state index contributed by atoms with van der Waals surface area (Å²) in [6.07, 6.45) is 11.7. The highest BCUT2D eigenvalue weighted by Crippen LogP contribution is 2.29. The number of hydrogen-bond acceptors (Lipinski definition) is 4. The number of imidazole rings is 1. The van der Waals surface area contributed by atoms with Crippen molar-refractivity contribution >= 4 is 0 Å². The lowest BCUT2D eigenvalue weighted by Gasteiger charge is -2.15. The summed E-state index contributed by atoms with van der Waals surface area (Å²) in [4.78, 5) is 4.14. The quantitative estimate of drug-likeness (QED) is 0.640. The van der Waals surface area contributed by atoms with E-state index in [0.717, 1.165) is 17.8 Å². The smallest absolute Gasteiger partial charge is 0.0946 e.